The lowest BCUT2D eigenvalue weighted by atomic mass is 9.99. The van der Waals surface area contributed by atoms with Crippen LogP contribution in [0.1, 0.15) is 28.5 Å². The Morgan fingerprint density at radius 3 is 2.22 bits per heavy atom. The molecule has 6 heteroatoms. The van der Waals surface area contributed by atoms with Crippen LogP contribution >= 0.6 is 0 Å². The first-order valence-electron chi connectivity index (χ1n) is 8.63. The van der Waals surface area contributed by atoms with Crippen LogP contribution in [0.15, 0.2) is 30.3 Å². The van der Waals surface area contributed by atoms with Crippen molar-refractivity contribution in [3.63, 3.8) is 0 Å². The first kappa shape index (κ1) is 18.6. The molecule has 0 fully saturated rings. The van der Waals surface area contributed by atoms with Crippen molar-refractivity contribution in [3.05, 3.63) is 47.2 Å². The molecule has 0 bridgehead atoms. The minimum atomic E-state index is -0.123. The Balaban J connectivity index is 2.12. The van der Waals surface area contributed by atoms with Gasteiger partial charge in [-0.05, 0) is 38.1 Å². The Hall–Kier alpha value is -3.15. The van der Waals surface area contributed by atoms with E-state index in [1.165, 1.54) is 21.3 Å². The molecule has 0 saturated heterocycles. The van der Waals surface area contributed by atoms with Crippen molar-refractivity contribution in [2.45, 2.75) is 13.8 Å². The highest BCUT2D eigenvalue weighted by Crippen LogP contribution is 2.39. The molecule has 0 radical (unpaired) electrons. The maximum absolute atomic E-state index is 13.3. The second-order valence-corrected chi connectivity index (χ2v) is 6.01. The molecule has 0 spiro atoms. The number of carbonyl (C=O) groups excluding carboxylic acids is 1. The number of benzene rings is 2. The van der Waals surface area contributed by atoms with Gasteiger partial charge in [-0.1, -0.05) is 0 Å². The van der Waals surface area contributed by atoms with E-state index in [1.807, 2.05) is 32.0 Å². The van der Waals surface area contributed by atoms with Gasteiger partial charge in [0.2, 0.25) is 5.75 Å². The van der Waals surface area contributed by atoms with Crippen molar-refractivity contribution in [2.75, 3.05) is 27.9 Å². The Labute approximate surface area is 158 Å². The standard InChI is InChI=1S/C21H23NO5/c1-6-27-14-7-8-15-16(11-14)22-12(2)19(15)20(23)13-9-17(24-3)21(26-5)18(10-13)25-4/h7-11,22H,6H2,1-5H3. The van der Waals surface area contributed by atoms with Crippen molar-refractivity contribution in [1.82, 2.24) is 4.98 Å². The number of aromatic amines is 1. The van der Waals surface area contributed by atoms with Crippen LogP contribution in [0.2, 0.25) is 0 Å². The van der Waals surface area contributed by atoms with Crippen molar-refractivity contribution in [1.29, 1.82) is 0 Å². The lowest BCUT2D eigenvalue weighted by molar-refractivity contribution is 0.103. The largest absolute Gasteiger partial charge is 0.494 e. The molecule has 1 aromatic heterocycles. The molecule has 27 heavy (non-hydrogen) atoms. The van der Waals surface area contributed by atoms with Crippen LogP contribution in [0, 0.1) is 6.92 Å². The van der Waals surface area contributed by atoms with E-state index in [2.05, 4.69) is 4.98 Å². The fraction of sp³-hybridized carbons (Fsp3) is 0.286. The summed E-state index contributed by atoms with van der Waals surface area (Å²) in [6, 6.07) is 8.99. The van der Waals surface area contributed by atoms with E-state index in [0.29, 0.717) is 35.0 Å². The smallest absolute Gasteiger partial charge is 0.203 e. The Bertz CT molecular complexity index is 965. The predicted molar refractivity (Wildman–Crippen MR) is 104 cm³/mol. The zero-order chi connectivity index (χ0) is 19.6. The average molecular weight is 369 g/mol. The number of aromatic nitrogens is 1. The summed E-state index contributed by atoms with van der Waals surface area (Å²) >= 11 is 0. The number of fused-ring (bicyclic) bond motifs is 1. The van der Waals surface area contributed by atoms with Crippen molar-refractivity contribution < 1.29 is 23.7 Å². The van der Waals surface area contributed by atoms with Gasteiger partial charge in [0.15, 0.2) is 17.3 Å². The van der Waals surface area contributed by atoms with Crippen LogP contribution < -0.4 is 18.9 Å². The number of hydrogen-bond acceptors (Lipinski definition) is 5. The van der Waals surface area contributed by atoms with E-state index in [9.17, 15) is 4.79 Å². The lowest BCUT2D eigenvalue weighted by Gasteiger charge is -2.13. The highest BCUT2D eigenvalue weighted by atomic mass is 16.5. The minimum absolute atomic E-state index is 0.123. The maximum Gasteiger partial charge on any atom is 0.203 e. The SMILES string of the molecule is CCOc1ccc2c(C(=O)c3cc(OC)c(OC)c(OC)c3)c(C)[nH]c2c1. The summed E-state index contributed by atoms with van der Waals surface area (Å²) in [6.45, 7) is 4.40. The molecule has 0 aliphatic heterocycles. The number of rotatable bonds is 7. The molecule has 6 nitrogen and oxygen atoms in total. The molecule has 1 heterocycles. The Morgan fingerprint density at radius 2 is 1.67 bits per heavy atom. The molecule has 0 aliphatic rings. The Morgan fingerprint density at radius 1 is 1.00 bits per heavy atom. The summed E-state index contributed by atoms with van der Waals surface area (Å²) in [5, 5.41) is 0.842. The van der Waals surface area contributed by atoms with Crippen LogP contribution in [-0.4, -0.2) is 38.7 Å². The fourth-order valence-corrected chi connectivity index (χ4v) is 3.22. The van der Waals surface area contributed by atoms with Crippen LogP contribution in [0.25, 0.3) is 10.9 Å². The summed E-state index contributed by atoms with van der Waals surface area (Å²) in [7, 11) is 4.58. The molecule has 0 saturated carbocycles. The van der Waals surface area contributed by atoms with E-state index < -0.39 is 0 Å². The third-order valence-electron chi connectivity index (χ3n) is 4.42. The quantitative estimate of drug-likeness (QED) is 0.634. The molecule has 0 amide bonds. The minimum Gasteiger partial charge on any atom is -0.494 e. The normalized spacial score (nSPS) is 10.7. The number of ether oxygens (including phenoxy) is 4. The van der Waals surface area contributed by atoms with Crippen molar-refractivity contribution in [3.8, 4) is 23.0 Å². The van der Waals surface area contributed by atoms with Gasteiger partial charge >= 0.3 is 0 Å². The van der Waals surface area contributed by atoms with Crippen LogP contribution in [0.3, 0.4) is 0 Å². The summed E-state index contributed by atoms with van der Waals surface area (Å²) in [5.41, 5.74) is 2.72. The third kappa shape index (κ3) is 3.30. The van der Waals surface area contributed by atoms with Crippen molar-refractivity contribution >= 4 is 16.7 Å². The highest BCUT2D eigenvalue weighted by molar-refractivity contribution is 6.17. The summed E-state index contributed by atoms with van der Waals surface area (Å²) in [5.74, 6) is 1.97. The molecular formula is C21H23NO5. The average Bonchev–Trinajstić information content (AvgIpc) is 3.01. The predicted octanol–water partition coefficient (Wildman–Crippen LogP) is 4.13. The second-order valence-electron chi connectivity index (χ2n) is 6.01. The molecule has 2 aromatic carbocycles. The number of methoxy groups -OCH3 is 3. The summed E-state index contributed by atoms with van der Waals surface area (Å²) < 4.78 is 21.6. The summed E-state index contributed by atoms with van der Waals surface area (Å²) in [6.07, 6.45) is 0. The van der Waals surface area contributed by atoms with E-state index in [4.69, 9.17) is 18.9 Å². The number of carbonyl (C=O) groups is 1. The number of hydrogen-bond donors (Lipinski definition) is 1. The molecule has 0 unspecified atom stereocenters. The van der Waals surface area contributed by atoms with Gasteiger partial charge in [-0.3, -0.25) is 4.79 Å². The molecule has 3 aromatic rings. The molecule has 142 valence electrons. The van der Waals surface area contributed by atoms with Gasteiger partial charge in [0.1, 0.15) is 5.75 Å². The van der Waals surface area contributed by atoms with Gasteiger partial charge in [0.05, 0.1) is 39.0 Å². The molecular weight excluding hydrogens is 346 g/mol. The zero-order valence-corrected chi connectivity index (χ0v) is 16.1. The zero-order valence-electron chi connectivity index (χ0n) is 16.1. The van der Waals surface area contributed by atoms with E-state index in [-0.39, 0.29) is 5.78 Å². The van der Waals surface area contributed by atoms with Gasteiger partial charge in [0.25, 0.3) is 0 Å². The number of nitrogens with one attached hydrogen (secondary N) is 1. The first-order chi connectivity index (χ1) is 13.0. The Kier molecular flexibility index (Phi) is 5.26. The topological polar surface area (TPSA) is 69.8 Å². The monoisotopic (exact) mass is 369 g/mol. The van der Waals surface area contributed by atoms with E-state index in [1.54, 1.807) is 12.1 Å². The van der Waals surface area contributed by atoms with Crippen molar-refractivity contribution in [2.24, 2.45) is 0 Å². The van der Waals surface area contributed by atoms with Crippen LogP contribution in [-0.2, 0) is 0 Å². The third-order valence-corrected chi connectivity index (χ3v) is 4.42. The number of ketones is 1. The highest BCUT2D eigenvalue weighted by Gasteiger charge is 2.22. The van der Waals surface area contributed by atoms with Gasteiger partial charge in [-0.15, -0.1) is 0 Å². The van der Waals surface area contributed by atoms with Crippen LogP contribution in [0.5, 0.6) is 23.0 Å². The first-order valence-corrected chi connectivity index (χ1v) is 8.63. The maximum atomic E-state index is 13.3. The van der Waals surface area contributed by atoms with E-state index in [0.717, 1.165) is 22.3 Å². The van der Waals surface area contributed by atoms with Gasteiger partial charge in [-0.2, -0.15) is 0 Å². The second kappa shape index (κ2) is 7.61. The summed E-state index contributed by atoms with van der Waals surface area (Å²) in [4.78, 5) is 16.6. The van der Waals surface area contributed by atoms with Gasteiger partial charge < -0.3 is 23.9 Å². The fourth-order valence-electron chi connectivity index (χ4n) is 3.22. The molecule has 0 aliphatic carbocycles. The lowest BCUT2D eigenvalue weighted by Crippen LogP contribution is -2.05. The van der Waals surface area contributed by atoms with E-state index >= 15 is 0 Å². The number of aryl methyl sites for hydroxylation is 1. The van der Waals surface area contributed by atoms with Gasteiger partial charge in [0, 0.05) is 22.7 Å². The molecule has 0 atom stereocenters. The van der Waals surface area contributed by atoms with Gasteiger partial charge in [-0.25, -0.2) is 0 Å². The van der Waals surface area contributed by atoms with Crippen LogP contribution in [0.4, 0.5) is 0 Å². The molecule has 3 rings (SSSR count). The molecule has 1 N–H and O–H groups in total. The number of H-pyrrole nitrogens is 1.